The summed E-state index contributed by atoms with van der Waals surface area (Å²) in [6.45, 7) is 6.81. The van der Waals surface area contributed by atoms with E-state index in [1.165, 1.54) is 37.2 Å². The van der Waals surface area contributed by atoms with E-state index in [2.05, 4.69) is 29.3 Å². The lowest BCUT2D eigenvalue weighted by molar-refractivity contribution is -0.122. The summed E-state index contributed by atoms with van der Waals surface area (Å²) in [5.74, 6) is 0.148. The van der Waals surface area contributed by atoms with Crippen LogP contribution in [-0.2, 0) is 16.0 Å². The minimum atomic E-state index is 0.111. The van der Waals surface area contributed by atoms with Crippen LogP contribution in [0.25, 0.3) is 0 Å². The van der Waals surface area contributed by atoms with Crippen molar-refractivity contribution in [2.45, 2.75) is 51.0 Å². The number of nitrogens with one attached hydrogen (secondary N) is 1. The zero-order valence-electron chi connectivity index (χ0n) is 14.1. The van der Waals surface area contributed by atoms with Gasteiger partial charge in [0, 0.05) is 35.1 Å². The van der Waals surface area contributed by atoms with Crippen molar-refractivity contribution in [3.05, 3.63) is 21.9 Å². The smallest absolute Gasteiger partial charge is 0.225 e. The van der Waals surface area contributed by atoms with Crippen molar-refractivity contribution >= 4 is 17.2 Å². The van der Waals surface area contributed by atoms with Crippen LogP contribution in [0.15, 0.2) is 12.1 Å². The van der Waals surface area contributed by atoms with Gasteiger partial charge in [0.15, 0.2) is 0 Å². The number of amides is 1. The predicted octanol–water partition coefficient (Wildman–Crippen LogP) is 2.75. The molecule has 23 heavy (non-hydrogen) atoms. The van der Waals surface area contributed by atoms with Gasteiger partial charge in [0.25, 0.3) is 0 Å². The zero-order valence-corrected chi connectivity index (χ0v) is 14.9. The Hall–Kier alpha value is -0.910. The lowest BCUT2D eigenvalue weighted by Gasteiger charge is -2.48. The van der Waals surface area contributed by atoms with E-state index in [-0.39, 0.29) is 11.4 Å². The normalized spacial score (nSPS) is 22.0. The highest BCUT2D eigenvalue weighted by molar-refractivity contribution is 7.12. The molecule has 4 nitrogen and oxygen atoms in total. The van der Waals surface area contributed by atoms with E-state index in [1.807, 2.05) is 0 Å². The van der Waals surface area contributed by atoms with Gasteiger partial charge in [0.1, 0.15) is 0 Å². The molecule has 0 aliphatic carbocycles. The van der Waals surface area contributed by atoms with Crippen molar-refractivity contribution in [1.82, 2.24) is 10.2 Å². The Labute approximate surface area is 143 Å². The average Bonchev–Trinajstić information content (AvgIpc) is 2.99. The molecule has 0 aromatic carbocycles. The van der Waals surface area contributed by atoms with Crippen LogP contribution in [0.1, 0.15) is 41.9 Å². The summed E-state index contributed by atoms with van der Waals surface area (Å²) in [6, 6.07) is 4.15. The van der Waals surface area contributed by atoms with E-state index in [0.717, 1.165) is 37.5 Å². The molecule has 1 aromatic rings. The molecule has 128 valence electrons. The largest absolute Gasteiger partial charge is 0.381 e. The topological polar surface area (TPSA) is 41.6 Å². The maximum atomic E-state index is 12.3. The molecule has 5 heteroatoms. The van der Waals surface area contributed by atoms with E-state index in [1.54, 1.807) is 11.3 Å². The molecule has 0 saturated carbocycles. The van der Waals surface area contributed by atoms with Crippen molar-refractivity contribution in [1.29, 1.82) is 0 Å². The number of rotatable bonds is 5. The van der Waals surface area contributed by atoms with Crippen molar-refractivity contribution in [3.8, 4) is 0 Å². The van der Waals surface area contributed by atoms with Gasteiger partial charge in [0.05, 0.1) is 6.42 Å². The van der Waals surface area contributed by atoms with Crippen LogP contribution in [-0.4, -0.2) is 49.2 Å². The van der Waals surface area contributed by atoms with Gasteiger partial charge in [-0.25, -0.2) is 0 Å². The molecular formula is C18H28N2O2S. The van der Waals surface area contributed by atoms with Crippen molar-refractivity contribution in [2.24, 2.45) is 0 Å². The fraction of sp³-hybridized carbons (Fsp3) is 0.722. The molecule has 0 unspecified atom stereocenters. The highest BCUT2D eigenvalue weighted by atomic mass is 32.1. The number of carbonyl (C=O) groups is 1. The van der Waals surface area contributed by atoms with Gasteiger partial charge in [-0.1, -0.05) is 6.42 Å². The van der Waals surface area contributed by atoms with Gasteiger partial charge >= 0.3 is 0 Å². The number of aryl methyl sites for hydroxylation is 1. The summed E-state index contributed by atoms with van der Waals surface area (Å²) < 4.78 is 5.58. The summed E-state index contributed by atoms with van der Waals surface area (Å²) in [5.41, 5.74) is 0.111. The van der Waals surface area contributed by atoms with E-state index < -0.39 is 0 Å². The molecule has 2 fully saturated rings. The Morgan fingerprint density at radius 1 is 1.26 bits per heavy atom. The summed E-state index contributed by atoms with van der Waals surface area (Å²) >= 11 is 1.71. The van der Waals surface area contributed by atoms with Gasteiger partial charge in [0.2, 0.25) is 5.91 Å². The maximum Gasteiger partial charge on any atom is 0.225 e. The minimum Gasteiger partial charge on any atom is -0.381 e. The van der Waals surface area contributed by atoms with Crippen LogP contribution >= 0.6 is 11.3 Å². The van der Waals surface area contributed by atoms with E-state index in [0.29, 0.717) is 6.42 Å². The molecule has 1 N–H and O–H groups in total. The Morgan fingerprint density at radius 3 is 2.65 bits per heavy atom. The molecular weight excluding hydrogens is 308 g/mol. The molecule has 1 aromatic heterocycles. The highest BCUT2D eigenvalue weighted by Crippen LogP contribution is 2.30. The number of thiophene rings is 1. The molecule has 0 radical (unpaired) electrons. The maximum absolute atomic E-state index is 12.3. The molecule has 0 atom stereocenters. The van der Waals surface area contributed by atoms with E-state index in [9.17, 15) is 4.79 Å². The lowest BCUT2D eigenvalue weighted by atomic mass is 9.86. The SMILES string of the molecule is Cc1ccc(CC(=O)NCC2(N3CCCCC3)CCOCC2)s1. The van der Waals surface area contributed by atoms with E-state index >= 15 is 0 Å². The fourth-order valence-electron chi connectivity index (χ4n) is 3.79. The fourth-order valence-corrected chi connectivity index (χ4v) is 4.68. The molecule has 0 spiro atoms. The number of hydrogen-bond acceptors (Lipinski definition) is 4. The van der Waals surface area contributed by atoms with Crippen LogP contribution in [0.4, 0.5) is 0 Å². The summed E-state index contributed by atoms with van der Waals surface area (Å²) in [4.78, 5) is 17.4. The number of hydrogen-bond donors (Lipinski definition) is 1. The number of likely N-dealkylation sites (tertiary alicyclic amines) is 1. The number of carbonyl (C=O) groups excluding carboxylic acids is 1. The van der Waals surface area contributed by atoms with Gasteiger partial charge < -0.3 is 10.1 Å². The second-order valence-electron chi connectivity index (χ2n) is 6.85. The molecule has 2 aliphatic rings. The van der Waals surface area contributed by atoms with Gasteiger partial charge in [-0.15, -0.1) is 11.3 Å². The average molecular weight is 337 g/mol. The summed E-state index contributed by atoms with van der Waals surface area (Å²) in [5, 5.41) is 3.22. The second kappa shape index (κ2) is 7.77. The van der Waals surface area contributed by atoms with Crippen molar-refractivity contribution in [3.63, 3.8) is 0 Å². The standard InChI is InChI=1S/C18H28N2O2S/c1-15-5-6-16(23-15)13-17(21)19-14-18(7-11-22-12-8-18)20-9-3-2-4-10-20/h5-6H,2-4,7-14H2,1H3,(H,19,21). The van der Waals surface area contributed by atoms with Gasteiger partial charge in [-0.3, -0.25) is 9.69 Å². The van der Waals surface area contributed by atoms with Gasteiger partial charge in [-0.05, 0) is 57.8 Å². The monoisotopic (exact) mass is 336 g/mol. The minimum absolute atomic E-state index is 0.111. The Bertz CT molecular complexity index is 517. The van der Waals surface area contributed by atoms with Crippen LogP contribution < -0.4 is 5.32 Å². The Morgan fingerprint density at radius 2 is 2.00 bits per heavy atom. The molecule has 2 aliphatic heterocycles. The molecule has 2 saturated heterocycles. The van der Waals surface area contributed by atoms with Crippen LogP contribution in [0.3, 0.4) is 0 Å². The summed E-state index contributed by atoms with van der Waals surface area (Å²) in [6.07, 6.45) is 6.48. The number of piperidine rings is 1. The quantitative estimate of drug-likeness (QED) is 0.899. The highest BCUT2D eigenvalue weighted by Gasteiger charge is 2.39. The van der Waals surface area contributed by atoms with Crippen molar-refractivity contribution in [2.75, 3.05) is 32.8 Å². The first kappa shape index (κ1) is 16.9. The molecule has 0 bridgehead atoms. The molecule has 1 amide bonds. The third kappa shape index (κ3) is 4.34. The third-order valence-electron chi connectivity index (χ3n) is 5.20. The first-order chi connectivity index (χ1) is 11.2. The van der Waals surface area contributed by atoms with Gasteiger partial charge in [-0.2, -0.15) is 0 Å². The zero-order chi connectivity index (χ0) is 16.1. The van der Waals surface area contributed by atoms with E-state index in [4.69, 9.17) is 4.74 Å². The number of nitrogens with zero attached hydrogens (tertiary/aromatic N) is 1. The lowest BCUT2D eigenvalue weighted by Crippen LogP contribution is -2.59. The predicted molar refractivity (Wildman–Crippen MR) is 94.0 cm³/mol. The van der Waals surface area contributed by atoms with Crippen LogP contribution in [0, 0.1) is 6.92 Å². The Kier molecular flexibility index (Phi) is 5.72. The van der Waals surface area contributed by atoms with Crippen molar-refractivity contribution < 1.29 is 9.53 Å². The first-order valence-corrected chi connectivity index (χ1v) is 9.64. The summed E-state index contributed by atoms with van der Waals surface area (Å²) in [7, 11) is 0. The second-order valence-corrected chi connectivity index (χ2v) is 8.22. The number of ether oxygens (including phenoxy) is 1. The molecule has 3 rings (SSSR count). The molecule has 3 heterocycles. The van der Waals surface area contributed by atoms with Crippen LogP contribution in [0.2, 0.25) is 0 Å². The third-order valence-corrected chi connectivity index (χ3v) is 6.20. The first-order valence-electron chi connectivity index (χ1n) is 8.83. The Balaban J connectivity index is 1.58. The van der Waals surface area contributed by atoms with Crippen LogP contribution in [0.5, 0.6) is 0 Å².